The Labute approximate surface area is 156 Å². The van der Waals surface area contributed by atoms with Gasteiger partial charge in [0.2, 0.25) is 0 Å². The van der Waals surface area contributed by atoms with Crippen LogP contribution in [0.3, 0.4) is 0 Å². The van der Waals surface area contributed by atoms with Crippen molar-refractivity contribution in [1.82, 2.24) is 0 Å². The predicted molar refractivity (Wildman–Crippen MR) is 115 cm³/mol. The second kappa shape index (κ2) is 21.0. The molecule has 0 rings (SSSR count). The molecule has 0 heterocycles. The number of hydrogen-bond donors (Lipinski definition) is 0. The Morgan fingerprint density at radius 1 is 1.00 bits per heavy atom. The first kappa shape index (κ1) is 30.0. The summed E-state index contributed by atoms with van der Waals surface area (Å²) < 4.78 is 5.16. The highest BCUT2D eigenvalue weighted by molar-refractivity contribution is 14.1. The molecular weight excluding hydrogens is 383 g/mol. The Morgan fingerprint density at radius 2 is 1.41 bits per heavy atom. The Kier molecular flexibility index (Phi) is 28.6. The second-order valence-electron chi connectivity index (χ2n) is 5.00. The van der Waals surface area contributed by atoms with Gasteiger partial charge < -0.3 is 3.07 Å². The van der Waals surface area contributed by atoms with Crippen molar-refractivity contribution in [1.29, 1.82) is 0 Å². The Bertz CT molecular complexity index is 269. The fraction of sp³-hybridized carbons (Fsp3) is 0.800. The highest BCUT2D eigenvalue weighted by Gasteiger charge is 2.22. The molecule has 22 heavy (non-hydrogen) atoms. The van der Waals surface area contributed by atoms with Crippen molar-refractivity contribution in [2.75, 3.05) is 0 Å². The summed E-state index contributed by atoms with van der Waals surface area (Å²) in [4.78, 5) is 0. The number of halogens is 1. The molecule has 0 aliphatic carbocycles. The molecule has 0 fully saturated rings. The summed E-state index contributed by atoms with van der Waals surface area (Å²) in [5.41, 5.74) is 3.02. The summed E-state index contributed by atoms with van der Waals surface area (Å²) in [6.45, 7) is 27.1. The van der Waals surface area contributed by atoms with E-state index in [1.165, 1.54) is 30.4 Å². The molecule has 0 aromatic rings. The van der Waals surface area contributed by atoms with Crippen LogP contribution < -0.4 is 0 Å². The van der Waals surface area contributed by atoms with E-state index >= 15 is 0 Å². The van der Waals surface area contributed by atoms with E-state index < -0.39 is 0 Å². The SMILES string of the molecule is C=C(OI)/C(C)=C(\C)CC(C)(CC)CCC.CC.CC.CC. The van der Waals surface area contributed by atoms with Crippen molar-refractivity contribution < 1.29 is 3.07 Å². The number of hydrogen-bond acceptors (Lipinski definition) is 1. The molecule has 0 N–H and O–H groups in total. The molecule has 1 unspecified atom stereocenters. The van der Waals surface area contributed by atoms with Crippen LogP contribution in [-0.4, -0.2) is 0 Å². The lowest BCUT2D eigenvalue weighted by atomic mass is 9.77. The van der Waals surface area contributed by atoms with Gasteiger partial charge in [-0.1, -0.05) is 87.3 Å². The minimum Gasteiger partial charge on any atom is -0.428 e. The van der Waals surface area contributed by atoms with Crippen LogP contribution in [0.2, 0.25) is 0 Å². The van der Waals surface area contributed by atoms with Gasteiger partial charge in [-0.05, 0) is 37.7 Å². The molecule has 0 spiro atoms. The van der Waals surface area contributed by atoms with Gasteiger partial charge in [-0.25, -0.2) is 0 Å². The summed E-state index contributed by atoms with van der Waals surface area (Å²) in [6.07, 6.45) is 4.90. The van der Waals surface area contributed by atoms with Crippen LogP contribution in [0.1, 0.15) is 102 Å². The maximum absolute atomic E-state index is 5.16. The zero-order valence-corrected chi connectivity index (χ0v) is 19.5. The first-order valence-electron chi connectivity index (χ1n) is 9.04. The van der Waals surface area contributed by atoms with Crippen molar-refractivity contribution in [3.8, 4) is 0 Å². The summed E-state index contributed by atoms with van der Waals surface area (Å²) in [5, 5.41) is 0. The van der Waals surface area contributed by atoms with Gasteiger partial charge in [0.1, 0.15) is 5.76 Å². The summed E-state index contributed by atoms with van der Waals surface area (Å²) in [7, 11) is 0. The summed E-state index contributed by atoms with van der Waals surface area (Å²) >= 11 is 1.89. The quantitative estimate of drug-likeness (QED) is 0.224. The molecule has 0 radical (unpaired) electrons. The van der Waals surface area contributed by atoms with Crippen molar-refractivity contribution in [2.24, 2.45) is 5.41 Å². The second-order valence-corrected chi connectivity index (χ2v) is 5.44. The first-order valence-corrected chi connectivity index (χ1v) is 9.92. The lowest BCUT2D eigenvalue weighted by molar-refractivity contribution is 0.278. The minimum atomic E-state index is 0.422. The maximum atomic E-state index is 5.16. The van der Waals surface area contributed by atoms with Gasteiger partial charge in [-0.3, -0.25) is 0 Å². The third-order valence-corrected chi connectivity index (χ3v) is 4.08. The fourth-order valence-corrected chi connectivity index (χ4v) is 2.39. The van der Waals surface area contributed by atoms with E-state index in [4.69, 9.17) is 3.07 Å². The summed E-state index contributed by atoms with van der Waals surface area (Å²) in [5.74, 6) is 0.785. The molecule has 1 atom stereocenters. The van der Waals surface area contributed by atoms with Crippen LogP contribution in [0, 0.1) is 5.41 Å². The van der Waals surface area contributed by atoms with Crippen LogP contribution >= 0.6 is 23.0 Å². The van der Waals surface area contributed by atoms with Crippen LogP contribution in [0.4, 0.5) is 0 Å². The monoisotopic (exact) mass is 426 g/mol. The van der Waals surface area contributed by atoms with Gasteiger partial charge in [-0.15, -0.1) is 0 Å². The van der Waals surface area contributed by atoms with E-state index in [1.54, 1.807) is 0 Å². The molecule has 0 aromatic carbocycles. The van der Waals surface area contributed by atoms with Crippen LogP contribution in [-0.2, 0) is 3.07 Å². The van der Waals surface area contributed by atoms with Gasteiger partial charge in [0.15, 0.2) is 23.0 Å². The highest BCUT2D eigenvalue weighted by Crippen LogP contribution is 2.36. The van der Waals surface area contributed by atoms with E-state index in [2.05, 4.69) is 41.2 Å². The largest absolute Gasteiger partial charge is 0.428 e. The zero-order chi connectivity index (χ0) is 18.8. The van der Waals surface area contributed by atoms with Crippen molar-refractivity contribution >= 4 is 23.0 Å². The molecule has 0 amide bonds. The van der Waals surface area contributed by atoms with Gasteiger partial charge >= 0.3 is 0 Å². The molecule has 0 aromatic heterocycles. The van der Waals surface area contributed by atoms with Crippen molar-refractivity contribution in [3.05, 3.63) is 23.5 Å². The van der Waals surface area contributed by atoms with E-state index in [-0.39, 0.29) is 0 Å². The highest BCUT2D eigenvalue weighted by atomic mass is 127. The Hall–Kier alpha value is 0.01000. The van der Waals surface area contributed by atoms with Gasteiger partial charge in [0.25, 0.3) is 0 Å². The van der Waals surface area contributed by atoms with Gasteiger partial charge in [-0.2, -0.15) is 0 Å². The molecule has 136 valence electrons. The average Bonchev–Trinajstić information content (AvgIpc) is 2.58. The predicted octanol–water partition coefficient (Wildman–Crippen LogP) is 8.89. The lowest BCUT2D eigenvalue weighted by Gasteiger charge is -2.29. The van der Waals surface area contributed by atoms with E-state index in [1.807, 2.05) is 64.5 Å². The number of allylic oxidation sites excluding steroid dienone is 2. The standard InChI is InChI=1S/C14H25IO.3C2H6/c1-7-9-14(6,8-2)10-11(3)12(4)13(5)16-15;3*1-2/h5,7-10H2,1-4,6H3;3*1-2H3/b12-11+;;;. The molecule has 0 aliphatic rings. The van der Waals surface area contributed by atoms with Crippen LogP contribution in [0.15, 0.2) is 23.5 Å². The van der Waals surface area contributed by atoms with E-state index in [0.717, 1.165) is 12.2 Å². The molecular formula is C20H43IO. The minimum absolute atomic E-state index is 0.422. The smallest absolute Gasteiger partial charge is 0.192 e. The van der Waals surface area contributed by atoms with E-state index in [9.17, 15) is 0 Å². The van der Waals surface area contributed by atoms with Crippen molar-refractivity contribution in [2.45, 2.75) is 102 Å². The van der Waals surface area contributed by atoms with Gasteiger partial charge in [0, 0.05) is 0 Å². The van der Waals surface area contributed by atoms with Crippen LogP contribution in [0.25, 0.3) is 0 Å². The van der Waals surface area contributed by atoms with E-state index in [0.29, 0.717) is 5.41 Å². The molecule has 0 bridgehead atoms. The van der Waals surface area contributed by atoms with Gasteiger partial charge in [0.05, 0.1) is 0 Å². The van der Waals surface area contributed by atoms with Crippen molar-refractivity contribution in [3.63, 3.8) is 0 Å². The topological polar surface area (TPSA) is 9.23 Å². The van der Waals surface area contributed by atoms with Crippen LogP contribution in [0.5, 0.6) is 0 Å². The molecule has 0 saturated heterocycles. The third-order valence-electron chi connectivity index (χ3n) is 3.55. The molecule has 2 heteroatoms. The number of rotatable bonds is 7. The first-order chi connectivity index (χ1) is 10.4. The Balaban J connectivity index is -0.000000238. The lowest BCUT2D eigenvalue weighted by Crippen LogP contribution is -2.15. The average molecular weight is 426 g/mol. The maximum Gasteiger partial charge on any atom is 0.192 e. The Morgan fingerprint density at radius 3 is 1.68 bits per heavy atom. The fourth-order valence-electron chi connectivity index (χ4n) is 2.06. The molecule has 0 aliphatic heterocycles. The normalized spacial score (nSPS) is 12.7. The summed E-state index contributed by atoms with van der Waals surface area (Å²) in [6, 6.07) is 0. The molecule has 0 saturated carbocycles. The molecule has 1 nitrogen and oxygen atoms in total. The zero-order valence-electron chi connectivity index (χ0n) is 17.3. The third kappa shape index (κ3) is 14.9.